The van der Waals surface area contributed by atoms with Crippen LogP contribution in [0.1, 0.15) is 19.8 Å². The number of hydrogen-bond donors (Lipinski definition) is 1. The van der Waals surface area contributed by atoms with Crippen molar-refractivity contribution in [2.75, 3.05) is 19.5 Å². The van der Waals surface area contributed by atoms with E-state index in [0.29, 0.717) is 24.0 Å². The molecule has 0 aliphatic carbocycles. The molecule has 0 heterocycles. The van der Waals surface area contributed by atoms with Gasteiger partial charge in [-0.3, -0.25) is 10.1 Å². The smallest absolute Gasteiger partial charge is 0.273 e. The average molecular weight is 285 g/mol. The van der Waals surface area contributed by atoms with E-state index >= 15 is 0 Å². The Labute approximate surface area is 118 Å². The summed E-state index contributed by atoms with van der Waals surface area (Å²) in [6.45, 7) is 2.70. The summed E-state index contributed by atoms with van der Waals surface area (Å²) in [4.78, 5) is 10.2. The quantitative estimate of drug-likeness (QED) is 0.452. The summed E-state index contributed by atoms with van der Waals surface area (Å²) >= 11 is 4.19. The van der Waals surface area contributed by atoms with Crippen molar-refractivity contribution >= 4 is 18.3 Å². The van der Waals surface area contributed by atoms with E-state index in [1.807, 2.05) is 0 Å². The molecular formula is C13H19NO4S. The van der Waals surface area contributed by atoms with E-state index in [1.165, 1.54) is 19.2 Å². The number of nitrogens with zero attached hydrogens (tertiary/aromatic N) is 1. The fraction of sp³-hybridized carbons (Fsp3) is 0.538. The second-order valence-electron chi connectivity index (χ2n) is 4.35. The van der Waals surface area contributed by atoms with Gasteiger partial charge in [-0.25, -0.2) is 0 Å². The van der Waals surface area contributed by atoms with E-state index in [2.05, 4.69) is 19.6 Å². The Morgan fingerprint density at radius 1 is 1.37 bits per heavy atom. The van der Waals surface area contributed by atoms with Gasteiger partial charge in [0.05, 0.1) is 24.7 Å². The molecule has 1 aromatic rings. The summed E-state index contributed by atoms with van der Waals surface area (Å²) in [5.41, 5.74) is -0.00681. The van der Waals surface area contributed by atoms with Gasteiger partial charge in [0, 0.05) is 6.07 Å². The maximum Gasteiger partial charge on any atom is 0.273 e. The molecule has 6 heteroatoms. The SMILES string of the molecule is COc1cc([N+](=O)[O-])ccc1OCCC(C)CCS. The number of methoxy groups -OCH3 is 1. The predicted octanol–water partition coefficient (Wildman–Crippen LogP) is 3.33. The Bertz CT molecular complexity index is 425. The van der Waals surface area contributed by atoms with Crippen LogP contribution >= 0.6 is 12.6 Å². The molecule has 1 atom stereocenters. The first-order valence-electron chi connectivity index (χ1n) is 6.14. The fourth-order valence-electron chi connectivity index (χ4n) is 1.62. The highest BCUT2D eigenvalue weighted by Gasteiger charge is 2.12. The number of thiol groups is 1. The van der Waals surface area contributed by atoms with Crippen LogP contribution in [0.3, 0.4) is 0 Å². The minimum atomic E-state index is -0.457. The van der Waals surface area contributed by atoms with Crippen LogP contribution < -0.4 is 9.47 Å². The van der Waals surface area contributed by atoms with Gasteiger partial charge in [-0.2, -0.15) is 12.6 Å². The second-order valence-corrected chi connectivity index (χ2v) is 4.79. The lowest BCUT2D eigenvalue weighted by Gasteiger charge is -2.13. The Morgan fingerprint density at radius 3 is 2.68 bits per heavy atom. The van der Waals surface area contributed by atoms with Gasteiger partial charge in [0.1, 0.15) is 0 Å². The minimum Gasteiger partial charge on any atom is -0.493 e. The first-order chi connectivity index (χ1) is 9.08. The third-order valence-corrected chi connectivity index (χ3v) is 3.11. The van der Waals surface area contributed by atoms with Crippen LogP contribution in [0.2, 0.25) is 0 Å². The molecule has 1 unspecified atom stereocenters. The van der Waals surface area contributed by atoms with E-state index < -0.39 is 4.92 Å². The number of rotatable bonds is 8. The van der Waals surface area contributed by atoms with Crippen LogP contribution in [-0.4, -0.2) is 24.4 Å². The zero-order chi connectivity index (χ0) is 14.3. The topological polar surface area (TPSA) is 61.6 Å². The molecule has 0 aliphatic rings. The van der Waals surface area contributed by atoms with Crippen LogP contribution in [0, 0.1) is 16.0 Å². The van der Waals surface area contributed by atoms with Crippen molar-refractivity contribution in [1.29, 1.82) is 0 Å². The first-order valence-corrected chi connectivity index (χ1v) is 6.77. The molecule has 0 aliphatic heterocycles. The highest BCUT2D eigenvalue weighted by molar-refractivity contribution is 7.80. The number of benzene rings is 1. The molecule has 1 aromatic carbocycles. The third kappa shape index (κ3) is 4.98. The zero-order valence-electron chi connectivity index (χ0n) is 11.2. The van der Waals surface area contributed by atoms with Crippen molar-refractivity contribution in [3.05, 3.63) is 28.3 Å². The van der Waals surface area contributed by atoms with E-state index in [4.69, 9.17) is 9.47 Å². The average Bonchev–Trinajstić information content (AvgIpc) is 2.39. The van der Waals surface area contributed by atoms with Crippen molar-refractivity contribution in [2.45, 2.75) is 19.8 Å². The summed E-state index contributed by atoms with van der Waals surface area (Å²) in [5.74, 6) is 2.32. The van der Waals surface area contributed by atoms with Gasteiger partial charge in [-0.15, -0.1) is 0 Å². The van der Waals surface area contributed by atoms with Gasteiger partial charge in [0.15, 0.2) is 11.5 Å². The van der Waals surface area contributed by atoms with Crippen LogP contribution in [0.4, 0.5) is 5.69 Å². The number of nitro groups is 1. The Morgan fingerprint density at radius 2 is 2.11 bits per heavy atom. The van der Waals surface area contributed by atoms with Gasteiger partial charge in [0.2, 0.25) is 0 Å². The molecule has 0 spiro atoms. The van der Waals surface area contributed by atoms with Crippen molar-refractivity contribution < 1.29 is 14.4 Å². The Kier molecular flexibility index (Phi) is 6.49. The normalized spacial score (nSPS) is 11.9. The van der Waals surface area contributed by atoms with Crippen LogP contribution in [0.5, 0.6) is 11.5 Å². The number of ether oxygens (including phenoxy) is 2. The highest BCUT2D eigenvalue weighted by atomic mass is 32.1. The number of nitro benzene ring substituents is 1. The molecule has 0 radical (unpaired) electrons. The number of non-ortho nitro benzene ring substituents is 1. The molecule has 0 bridgehead atoms. The number of hydrogen-bond acceptors (Lipinski definition) is 5. The van der Waals surface area contributed by atoms with Crippen molar-refractivity contribution in [3.8, 4) is 11.5 Å². The van der Waals surface area contributed by atoms with E-state index in [-0.39, 0.29) is 5.69 Å². The molecule has 0 saturated heterocycles. The van der Waals surface area contributed by atoms with Crippen molar-refractivity contribution in [2.24, 2.45) is 5.92 Å². The monoisotopic (exact) mass is 285 g/mol. The van der Waals surface area contributed by atoms with Gasteiger partial charge in [0.25, 0.3) is 5.69 Å². The van der Waals surface area contributed by atoms with E-state index in [9.17, 15) is 10.1 Å². The van der Waals surface area contributed by atoms with Crippen molar-refractivity contribution in [3.63, 3.8) is 0 Å². The molecular weight excluding hydrogens is 266 g/mol. The lowest BCUT2D eigenvalue weighted by Crippen LogP contribution is -2.05. The predicted molar refractivity (Wildman–Crippen MR) is 77.4 cm³/mol. The second kappa shape index (κ2) is 7.89. The van der Waals surface area contributed by atoms with Crippen LogP contribution in [-0.2, 0) is 0 Å². The molecule has 1 rings (SSSR count). The van der Waals surface area contributed by atoms with Crippen molar-refractivity contribution in [1.82, 2.24) is 0 Å². The summed E-state index contributed by atoms with van der Waals surface area (Å²) in [6, 6.07) is 4.35. The third-order valence-electron chi connectivity index (χ3n) is 2.85. The highest BCUT2D eigenvalue weighted by Crippen LogP contribution is 2.31. The lowest BCUT2D eigenvalue weighted by molar-refractivity contribution is -0.384. The maximum atomic E-state index is 10.7. The minimum absolute atomic E-state index is 0.00681. The molecule has 106 valence electrons. The zero-order valence-corrected chi connectivity index (χ0v) is 12.1. The maximum absolute atomic E-state index is 10.7. The first kappa shape index (κ1) is 15.6. The van der Waals surface area contributed by atoms with Crippen LogP contribution in [0.25, 0.3) is 0 Å². The summed E-state index contributed by atoms with van der Waals surface area (Å²) in [6.07, 6.45) is 1.96. The van der Waals surface area contributed by atoms with Gasteiger partial charge >= 0.3 is 0 Å². The fourth-order valence-corrected chi connectivity index (χ4v) is 2.06. The molecule has 0 fully saturated rings. The summed E-state index contributed by atoms with van der Waals surface area (Å²) in [5, 5.41) is 10.7. The van der Waals surface area contributed by atoms with Crippen LogP contribution in [0.15, 0.2) is 18.2 Å². The lowest BCUT2D eigenvalue weighted by atomic mass is 10.1. The van der Waals surface area contributed by atoms with E-state index in [0.717, 1.165) is 18.6 Å². The summed E-state index contributed by atoms with van der Waals surface area (Å²) < 4.78 is 10.7. The molecule has 5 nitrogen and oxygen atoms in total. The van der Waals surface area contributed by atoms with Gasteiger partial charge in [-0.05, 0) is 30.6 Å². The largest absolute Gasteiger partial charge is 0.493 e. The van der Waals surface area contributed by atoms with Gasteiger partial charge in [-0.1, -0.05) is 6.92 Å². The Hall–Kier alpha value is -1.43. The molecule has 0 saturated carbocycles. The molecule has 0 amide bonds. The molecule has 19 heavy (non-hydrogen) atoms. The van der Waals surface area contributed by atoms with E-state index in [1.54, 1.807) is 6.07 Å². The summed E-state index contributed by atoms with van der Waals surface area (Å²) in [7, 11) is 1.47. The van der Waals surface area contributed by atoms with Gasteiger partial charge < -0.3 is 9.47 Å². The Balaban J connectivity index is 2.60. The standard InChI is InChI=1S/C13H19NO4S/c1-10(6-8-19)5-7-18-12-4-3-11(14(15)16)9-13(12)17-2/h3-4,9-10,19H,5-8H2,1-2H3. The molecule has 0 aromatic heterocycles. The molecule has 0 N–H and O–H groups in total.